The number of rotatable bonds is 4. The van der Waals surface area contributed by atoms with Gasteiger partial charge in [-0.1, -0.05) is 11.6 Å². The first-order chi connectivity index (χ1) is 12.3. The summed E-state index contributed by atoms with van der Waals surface area (Å²) in [6.07, 6.45) is -0.775. The minimum absolute atomic E-state index is 0.0470. The number of benzene rings is 1. The summed E-state index contributed by atoms with van der Waals surface area (Å²) >= 11 is 5.61. The van der Waals surface area contributed by atoms with E-state index in [2.05, 4.69) is 10.4 Å². The number of carbonyl (C=O) groups is 3. The molecule has 0 N–H and O–H groups in total. The van der Waals surface area contributed by atoms with Crippen LogP contribution in [0.5, 0.6) is 0 Å². The third-order valence-corrected chi connectivity index (χ3v) is 4.41. The summed E-state index contributed by atoms with van der Waals surface area (Å²) in [4.78, 5) is 49.1. The number of amides is 2. The third-order valence-electron chi connectivity index (χ3n) is 4.10. The molecule has 0 bridgehead atoms. The van der Waals surface area contributed by atoms with E-state index in [0.29, 0.717) is 5.12 Å². The molecule has 0 aliphatic carbocycles. The number of hydrogen-bond acceptors (Lipinski definition) is 7. The molecule has 1 aromatic rings. The average molecular weight is 383 g/mol. The van der Waals surface area contributed by atoms with Crippen molar-refractivity contribution in [2.24, 2.45) is 10.4 Å². The zero-order chi connectivity index (χ0) is 19.1. The summed E-state index contributed by atoms with van der Waals surface area (Å²) in [7, 11) is 0. The lowest BCUT2D eigenvalue weighted by Gasteiger charge is -2.24. The second-order valence-corrected chi connectivity index (χ2v) is 6.06. The van der Waals surface area contributed by atoms with Gasteiger partial charge in [-0.25, -0.2) is 14.1 Å². The molecule has 2 amide bonds. The van der Waals surface area contributed by atoms with Crippen molar-refractivity contribution in [2.75, 3.05) is 11.5 Å². The standard InChI is InChI=1S/C15H12ClFN4O5/c1-2-26-13(23)11-6-15(21(18-11)19-25)7-12(22)20(14(15)24)8-3-4-9(16)10(17)5-8/h3-5H,2,6-7H2,1H3. The van der Waals surface area contributed by atoms with Gasteiger partial charge in [-0.05, 0) is 25.1 Å². The Kier molecular flexibility index (Phi) is 4.45. The van der Waals surface area contributed by atoms with E-state index in [1.807, 2.05) is 0 Å². The predicted octanol–water partition coefficient (Wildman–Crippen LogP) is 1.79. The zero-order valence-corrected chi connectivity index (χ0v) is 14.2. The molecule has 9 nitrogen and oxygen atoms in total. The van der Waals surface area contributed by atoms with E-state index in [4.69, 9.17) is 16.3 Å². The Morgan fingerprint density at radius 2 is 2.15 bits per heavy atom. The third kappa shape index (κ3) is 2.62. The number of hydrogen-bond donors (Lipinski definition) is 0. The molecule has 2 aliphatic rings. The number of anilines is 1. The van der Waals surface area contributed by atoms with E-state index in [-0.39, 0.29) is 29.4 Å². The first kappa shape index (κ1) is 17.9. The summed E-state index contributed by atoms with van der Waals surface area (Å²) in [6, 6.07) is 3.42. The van der Waals surface area contributed by atoms with Gasteiger partial charge in [-0.3, -0.25) is 9.59 Å². The van der Waals surface area contributed by atoms with Gasteiger partial charge in [0.25, 0.3) is 5.91 Å². The smallest absolute Gasteiger partial charge is 0.354 e. The highest BCUT2D eigenvalue weighted by atomic mass is 35.5. The largest absolute Gasteiger partial charge is 0.461 e. The highest BCUT2D eigenvalue weighted by molar-refractivity contribution is 6.39. The predicted molar refractivity (Wildman–Crippen MR) is 87.6 cm³/mol. The molecule has 1 unspecified atom stereocenters. The number of imide groups is 1. The van der Waals surface area contributed by atoms with Crippen molar-refractivity contribution in [1.82, 2.24) is 5.12 Å². The maximum atomic E-state index is 13.7. The van der Waals surface area contributed by atoms with Crippen LogP contribution in [0.1, 0.15) is 19.8 Å². The molecule has 1 atom stereocenters. The molecule has 1 fully saturated rings. The summed E-state index contributed by atoms with van der Waals surface area (Å²) in [5.74, 6) is -3.15. The zero-order valence-electron chi connectivity index (χ0n) is 13.4. The summed E-state index contributed by atoms with van der Waals surface area (Å²) in [6.45, 7) is 1.66. The molecular weight excluding hydrogens is 371 g/mol. The van der Waals surface area contributed by atoms with Crippen molar-refractivity contribution < 1.29 is 23.5 Å². The normalized spacial score (nSPS) is 22.2. The van der Waals surface area contributed by atoms with Crippen LogP contribution in [0, 0.1) is 10.7 Å². The van der Waals surface area contributed by atoms with Gasteiger partial charge in [0.05, 0.1) is 29.0 Å². The van der Waals surface area contributed by atoms with Crippen LogP contribution in [-0.2, 0) is 19.1 Å². The Balaban J connectivity index is 1.96. The fraction of sp³-hybridized carbons (Fsp3) is 0.333. The highest BCUT2D eigenvalue weighted by Gasteiger charge is 2.61. The van der Waals surface area contributed by atoms with Crippen LogP contribution in [0.15, 0.2) is 28.6 Å². The molecule has 1 saturated heterocycles. The molecule has 2 heterocycles. The van der Waals surface area contributed by atoms with E-state index in [0.717, 1.165) is 11.0 Å². The molecule has 26 heavy (non-hydrogen) atoms. The van der Waals surface area contributed by atoms with Gasteiger partial charge in [-0.15, -0.1) is 15.1 Å². The lowest BCUT2D eigenvalue weighted by molar-refractivity contribution is -0.135. The van der Waals surface area contributed by atoms with Gasteiger partial charge >= 0.3 is 5.97 Å². The van der Waals surface area contributed by atoms with Crippen LogP contribution in [-0.4, -0.2) is 40.8 Å². The Hall–Kier alpha value is -2.88. The quantitative estimate of drug-likeness (QED) is 0.446. The first-order valence-corrected chi connectivity index (χ1v) is 7.92. The van der Waals surface area contributed by atoms with E-state index < -0.39 is 35.6 Å². The number of esters is 1. The van der Waals surface area contributed by atoms with Crippen LogP contribution in [0.3, 0.4) is 0 Å². The highest BCUT2D eigenvalue weighted by Crippen LogP contribution is 2.41. The van der Waals surface area contributed by atoms with Gasteiger partial charge in [0.15, 0.2) is 11.3 Å². The maximum Gasteiger partial charge on any atom is 0.354 e. The van der Waals surface area contributed by atoms with Gasteiger partial charge in [0, 0.05) is 6.42 Å². The molecule has 0 radical (unpaired) electrons. The first-order valence-electron chi connectivity index (χ1n) is 7.54. The molecule has 2 aliphatic heterocycles. The van der Waals surface area contributed by atoms with Gasteiger partial charge in [-0.2, -0.15) is 0 Å². The molecule has 136 valence electrons. The lowest BCUT2D eigenvalue weighted by atomic mass is 9.92. The van der Waals surface area contributed by atoms with E-state index in [1.165, 1.54) is 12.1 Å². The van der Waals surface area contributed by atoms with Gasteiger partial charge < -0.3 is 4.74 Å². The Morgan fingerprint density at radius 3 is 2.77 bits per heavy atom. The van der Waals surface area contributed by atoms with Crippen molar-refractivity contribution in [1.29, 1.82) is 0 Å². The van der Waals surface area contributed by atoms with Crippen LogP contribution in [0.2, 0.25) is 5.02 Å². The molecular formula is C15H12ClFN4O5. The molecule has 11 heteroatoms. The van der Waals surface area contributed by atoms with Gasteiger partial charge in [0.1, 0.15) is 5.82 Å². The average Bonchev–Trinajstić information content (AvgIpc) is 3.09. The monoisotopic (exact) mass is 382 g/mol. The van der Waals surface area contributed by atoms with Gasteiger partial charge in [0.2, 0.25) is 5.91 Å². The lowest BCUT2D eigenvalue weighted by Crippen LogP contribution is -2.48. The van der Waals surface area contributed by atoms with Crippen molar-refractivity contribution in [3.05, 3.63) is 33.9 Å². The topological polar surface area (TPSA) is 109 Å². The Bertz CT molecular complexity index is 860. The SMILES string of the molecule is CCOC(=O)C1=NN(N=O)C2(CC(=O)N(c3ccc(Cl)c(F)c3)C2=O)C1. The molecule has 1 spiro atoms. The van der Waals surface area contributed by atoms with Crippen molar-refractivity contribution in [2.45, 2.75) is 25.3 Å². The van der Waals surface area contributed by atoms with Crippen LogP contribution in [0.25, 0.3) is 0 Å². The van der Waals surface area contributed by atoms with Crippen molar-refractivity contribution in [3.8, 4) is 0 Å². The minimum atomic E-state index is -1.77. The van der Waals surface area contributed by atoms with Crippen LogP contribution < -0.4 is 4.90 Å². The number of ether oxygens (including phenoxy) is 1. The fourth-order valence-electron chi connectivity index (χ4n) is 2.92. The fourth-order valence-corrected chi connectivity index (χ4v) is 3.04. The van der Waals surface area contributed by atoms with E-state index in [1.54, 1.807) is 6.92 Å². The molecule has 0 aromatic heterocycles. The molecule has 1 aromatic carbocycles. The van der Waals surface area contributed by atoms with Crippen LogP contribution >= 0.6 is 11.6 Å². The minimum Gasteiger partial charge on any atom is -0.461 e. The summed E-state index contributed by atoms with van der Waals surface area (Å²) in [5.41, 5.74) is -2.01. The van der Waals surface area contributed by atoms with E-state index >= 15 is 0 Å². The molecule has 0 saturated carbocycles. The summed E-state index contributed by atoms with van der Waals surface area (Å²) in [5, 5.41) is 6.69. The number of nitrogens with zero attached hydrogens (tertiary/aromatic N) is 4. The number of carbonyl (C=O) groups excluding carboxylic acids is 3. The van der Waals surface area contributed by atoms with Crippen molar-refractivity contribution in [3.63, 3.8) is 0 Å². The summed E-state index contributed by atoms with van der Waals surface area (Å²) < 4.78 is 18.5. The Labute approximate surface area is 151 Å². The molecule has 3 rings (SSSR count). The van der Waals surface area contributed by atoms with Crippen molar-refractivity contribution >= 4 is 40.8 Å². The maximum absolute atomic E-state index is 13.7. The van der Waals surface area contributed by atoms with E-state index in [9.17, 15) is 23.7 Å². The number of hydrazone groups is 1. The second-order valence-electron chi connectivity index (χ2n) is 5.66. The number of nitroso groups, excluding NO2 is 1. The Morgan fingerprint density at radius 1 is 1.42 bits per heavy atom. The van der Waals surface area contributed by atoms with Crippen LogP contribution in [0.4, 0.5) is 10.1 Å². The second kappa shape index (κ2) is 6.45. The number of halogens is 2.